The predicted molar refractivity (Wildman–Crippen MR) is 87.4 cm³/mol. The van der Waals surface area contributed by atoms with E-state index in [9.17, 15) is 9.18 Å². The Balaban J connectivity index is 2.02. The minimum Gasteiger partial charge on any atom is -0.354 e. The van der Waals surface area contributed by atoms with Crippen LogP contribution in [0.3, 0.4) is 0 Å². The maximum absolute atomic E-state index is 13.3. The maximum atomic E-state index is 13.3. The second-order valence-corrected chi connectivity index (χ2v) is 5.87. The molecule has 23 heavy (non-hydrogen) atoms. The molecule has 6 nitrogen and oxygen atoms in total. The number of H-pyrrole nitrogens is 1. The summed E-state index contributed by atoms with van der Waals surface area (Å²) < 4.78 is 13.3. The fourth-order valence-electron chi connectivity index (χ4n) is 2.75. The fraction of sp³-hybridized carbons (Fsp3) is 0.400. The van der Waals surface area contributed by atoms with Crippen molar-refractivity contribution in [1.82, 2.24) is 20.3 Å². The normalized spacial score (nSPS) is 18.2. The van der Waals surface area contributed by atoms with Crippen LogP contribution in [0.1, 0.15) is 12.8 Å². The van der Waals surface area contributed by atoms with Gasteiger partial charge in [-0.05, 0) is 26.0 Å². The molecule has 0 aliphatic carbocycles. The van der Waals surface area contributed by atoms with E-state index >= 15 is 0 Å². The van der Waals surface area contributed by atoms with Gasteiger partial charge in [0.2, 0.25) is 5.95 Å². The quantitative estimate of drug-likeness (QED) is 0.836. The van der Waals surface area contributed by atoms with E-state index in [0.717, 1.165) is 25.9 Å². The number of aromatic nitrogens is 3. The number of hydrogen-bond donors (Lipinski definition) is 2. The molecule has 0 radical (unpaired) electrons. The Morgan fingerprint density at radius 2 is 2.35 bits per heavy atom. The lowest BCUT2D eigenvalue weighted by Crippen LogP contribution is -2.45. The molecule has 3 heterocycles. The average molecular weight is 338 g/mol. The first-order valence-corrected chi connectivity index (χ1v) is 7.80. The highest BCUT2D eigenvalue weighted by atomic mass is 35.5. The van der Waals surface area contributed by atoms with E-state index < -0.39 is 11.5 Å². The molecule has 122 valence electrons. The number of nitrogens with one attached hydrogen (secondary N) is 2. The van der Waals surface area contributed by atoms with Gasteiger partial charge in [-0.3, -0.25) is 4.79 Å². The van der Waals surface area contributed by atoms with Crippen LogP contribution in [0.5, 0.6) is 0 Å². The molecule has 2 aromatic heterocycles. The molecule has 0 aromatic carbocycles. The van der Waals surface area contributed by atoms with Crippen molar-refractivity contribution in [2.45, 2.75) is 18.9 Å². The van der Waals surface area contributed by atoms with Crippen LogP contribution in [0.15, 0.2) is 23.1 Å². The van der Waals surface area contributed by atoms with E-state index in [4.69, 9.17) is 11.6 Å². The zero-order valence-corrected chi connectivity index (χ0v) is 13.4. The molecule has 0 unspecified atom stereocenters. The number of anilines is 1. The Kier molecular flexibility index (Phi) is 4.58. The molecule has 0 amide bonds. The molecule has 1 aliphatic rings. The smallest absolute Gasteiger partial charge is 0.272 e. The van der Waals surface area contributed by atoms with Crippen molar-refractivity contribution in [2.24, 2.45) is 0 Å². The largest absolute Gasteiger partial charge is 0.354 e. The summed E-state index contributed by atoms with van der Waals surface area (Å²) in [5, 5.41) is 3.29. The van der Waals surface area contributed by atoms with E-state index in [2.05, 4.69) is 20.3 Å². The van der Waals surface area contributed by atoms with Gasteiger partial charge in [-0.25, -0.2) is 9.97 Å². The number of nitrogens with zero attached hydrogens (tertiary/aromatic N) is 3. The first kappa shape index (κ1) is 15.9. The second kappa shape index (κ2) is 6.64. The van der Waals surface area contributed by atoms with Gasteiger partial charge in [0.25, 0.3) is 5.56 Å². The number of aromatic amines is 1. The topological polar surface area (TPSA) is 73.9 Å². The Morgan fingerprint density at radius 1 is 1.52 bits per heavy atom. The minimum atomic E-state index is -0.630. The van der Waals surface area contributed by atoms with E-state index in [-0.39, 0.29) is 10.8 Å². The molecule has 3 rings (SSSR count). The highest BCUT2D eigenvalue weighted by molar-refractivity contribution is 6.32. The lowest BCUT2D eigenvalue weighted by Gasteiger charge is -2.33. The summed E-state index contributed by atoms with van der Waals surface area (Å²) in [5.41, 5.74) is 0.0187. The number of rotatable bonds is 3. The van der Waals surface area contributed by atoms with Crippen LogP contribution in [0.4, 0.5) is 10.2 Å². The molecule has 0 spiro atoms. The van der Waals surface area contributed by atoms with E-state index in [0.29, 0.717) is 17.4 Å². The third kappa shape index (κ3) is 3.35. The van der Waals surface area contributed by atoms with Crippen molar-refractivity contribution in [3.8, 4) is 11.4 Å². The molecule has 8 heteroatoms. The van der Waals surface area contributed by atoms with Gasteiger partial charge in [0, 0.05) is 37.0 Å². The summed E-state index contributed by atoms with van der Waals surface area (Å²) in [7, 11) is 1.91. The molecule has 2 N–H and O–H groups in total. The number of pyridine rings is 1. The molecule has 1 saturated heterocycles. The van der Waals surface area contributed by atoms with Gasteiger partial charge in [0.1, 0.15) is 10.8 Å². The van der Waals surface area contributed by atoms with Crippen LogP contribution in [0.2, 0.25) is 5.02 Å². The van der Waals surface area contributed by atoms with Crippen LogP contribution in [-0.4, -0.2) is 41.1 Å². The summed E-state index contributed by atoms with van der Waals surface area (Å²) in [6.07, 6.45) is 3.38. The predicted octanol–water partition coefficient (Wildman–Crippen LogP) is 1.81. The van der Waals surface area contributed by atoms with Crippen LogP contribution < -0.4 is 15.8 Å². The first-order valence-electron chi connectivity index (χ1n) is 7.42. The summed E-state index contributed by atoms with van der Waals surface area (Å²) >= 11 is 6.15. The highest BCUT2D eigenvalue weighted by Gasteiger charge is 2.23. The molecular weight excluding hydrogens is 321 g/mol. The first-order chi connectivity index (χ1) is 11.1. The lowest BCUT2D eigenvalue weighted by molar-refractivity contribution is 0.447. The van der Waals surface area contributed by atoms with E-state index in [1.807, 2.05) is 11.9 Å². The van der Waals surface area contributed by atoms with Crippen molar-refractivity contribution in [2.75, 3.05) is 25.0 Å². The number of piperidine rings is 1. The van der Waals surface area contributed by atoms with Crippen molar-refractivity contribution >= 4 is 17.4 Å². The summed E-state index contributed by atoms with van der Waals surface area (Å²) in [4.78, 5) is 24.7. The van der Waals surface area contributed by atoms with Crippen molar-refractivity contribution in [3.05, 3.63) is 39.7 Å². The SMILES string of the molecule is CN[C@H]1CCCN(c2nc(-c3ccnc(F)c3)[nH]c(=O)c2Cl)C1. The summed E-state index contributed by atoms with van der Waals surface area (Å²) in [6.45, 7) is 1.50. The number of likely N-dealkylation sites (N-methyl/N-ethyl adjacent to an activating group) is 1. The average Bonchev–Trinajstić information content (AvgIpc) is 2.57. The Hall–Kier alpha value is -1.99. The zero-order chi connectivity index (χ0) is 16.4. The van der Waals surface area contributed by atoms with Gasteiger partial charge < -0.3 is 15.2 Å². The minimum absolute atomic E-state index is 0.0556. The Labute approximate surface area is 137 Å². The summed E-state index contributed by atoms with van der Waals surface area (Å²) in [6, 6.07) is 3.14. The highest BCUT2D eigenvalue weighted by Crippen LogP contribution is 2.25. The molecule has 0 saturated carbocycles. The Morgan fingerprint density at radius 3 is 3.09 bits per heavy atom. The third-order valence-corrected chi connectivity index (χ3v) is 4.32. The summed E-state index contributed by atoms with van der Waals surface area (Å²) in [5.74, 6) is 0.0831. The molecule has 1 atom stereocenters. The van der Waals surface area contributed by atoms with Gasteiger partial charge in [0.15, 0.2) is 5.82 Å². The van der Waals surface area contributed by atoms with Crippen molar-refractivity contribution in [3.63, 3.8) is 0 Å². The molecule has 1 fully saturated rings. The lowest BCUT2D eigenvalue weighted by atomic mass is 10.1. The van der Waals surface area contributed by atoms with Crippen molar-refractivity contribution in [1.29, 1.82) is 0 Å². The van der Waals surface area contributed by atoms with E-state index in [1.54, 1.807) is 6.07 Å². The third-order valence-electron chi connectivity index (χ3n) is 3.97. The second-order valence-electron chi connectivity index (χ2n) is 5.49. The fourth-order valence-corrected chi connectivity index (χ4v) is 2.96. The zero-order valence-electron chi connectivity index (χ0n) is 12.6. The van der Waals surface area contributed by atoms with Crippen LogP contribution in [0.25, 0.3) is 11.4 Å². The number of halogens is 2. The monoisotopic (exact) mass is 337 g/mol. The van der Waals surface area contributed by atoms with Gasteiger partial charge in [-0.15, -0.1) is 0 Å². The van der Waals surface area contributed by atoms with Gasteiger partial charge in [0.05, 0.1) is 0 Å². The maximum Gasteiger partial charge on any atom is 0.272 e. The van der Waals surface area contributed by atoms with Gasteiger partial charge in [-0.2, -0.15) is 4.39 Å². The molecule has 1 aliphatic heterocycles. The molecule has 2 aromatic rings. The molecular formula is C15H17ClFN5O. The number of hydrogen-bond acceptors (Lipinski definition) is 5. The van der Waals surface area contributed by atoms with E-state index in [1.165, 1.54) is 12.3 Å². The Bertz CT molecular complexity index is 766. The van der Waals surface area contributed by atoms with Gasteiger partial charge >= 0.3 is 0 Å². The van der Waals surface area contributed by atoms with Crippen LogP contribution in [-0.2, 0) is 0 Å². The van der Waals surface area contributed by atoms with Crippen LogP contribution >= 0.6 is 11.6 Å². The standard InChI is InChI=1S/C15H17ClFN5O/c1-18-10-3-2-6-22(8-10)14-12(16)15(23)21-13(20-14)9-4-5-19-11(17)7-9/h4-5,7,10,18H,2-3,6,8H2,1H3,(H,20,21,23)/t10-/m0/s1. The van der Waals surface area contributed by atoms with Crippen molar-refractivity contribution < 1.29 is 4.39 Å². The van der Waals surface area contributed by atoms with Crippen LogP contribution in [0, 0.1) is 5.95 Å². The van der Waals surface area contributed by atoms with Gasteiger partial charge in [-0.1, -0.05) is 11.6 Å². The molecule has 0 bridgehead atoms.